The van der Waals surface area contributed by atoms with Gasteiger partial charge in [0, 0.05) is 9.21 Å². The Morgan fingerprint density at radius 3 is 0.733 bits per heavy atom. The van der Waals surface area contributed by atoms with Crippen molar-refractivity contribution in [2.45, 2.75) is 0 Å². The number of nitrogens with zero attached hydrogens (tertiary/aromatic N) is 3. The fourth-order valence-corrected chi connectivity index (χ4v) is 16.1. The lowest BCUT2D eigenvalue weighted by atomic mass is 10.3. The maximum atomic E-state index is 7.39. The molecule has 13 rings (SSSR count). The highest BCUT2D eigenvalue weighted by Crippen LogP contribution is 2.78. The summed E-state index contributed by atoms with van der Waals surface area (Å²) in [6.07, 6.45) is 0. The minimum atomic E-state index is -4.29. The SMILES string of the molecule is c1ccc(Oc2ccc(ON3P(Oc4ccc(Oc5ccccc5)cc4)N=P(Oc4ccc(Oc5ccccc5)cc4)(Oc4ccc(Oc5ccccc5)cc4)N(Oc4ccc(Oc5ccccc5)cc4)P3Oc3ccc(Oc4ccccc4)cc3)cc2)cc1. The van der Waals surface area contributed by atoms with Crippen LogP contribution in [0.1, 0.15) is 0 Å². The second-order valence-corrected chi connectivity index (χ2v) is 25.0. The molecular formula is C72H54N3O12P3. The van der Waals surface area contributed by atoms with Crippen LogP contribution in [0.5, 0.6) is 103 Å². The summed E-state index contributed by atoms with van der Waals surface area (Å²) in [6.45, 7) is 0. The van der Waals surface area contributed by atoms with E-state index >= 15 is 0 Å². The third-order valence-corrected chi connectivity index (χ3v) is 19.7. The van der Waals surface area contributed by atoms with E-state index < -0.39 is 24.6 Å². The summed E-state index contributed by atoms with van der Waals surface area (Å²) in [5.74, 6) is 9.47. The summed E-state index contributed by atoms with van der Waals surface area (Å²) in [6, 6.07) is 100. The van der Waals surface area contributed by atoms with Crippen LogP contribution >= 0.6 is 24.6 Å². The molecule has 1 aliphatic rings. The first kappa shape index (κ1) is 58.3. The predicted molar refractivity (Wildman–Crippen MR) is 348 cm³/mol. The monoisotopic (exact) mass is 1250 g/mol. The molecule has 0 saturated heterocycles. The van der Waals surface area contributed by atoms with Crippen LogP contribution in [-0.4, -0.2) is 9.21 Å². The highest BCUT2D eigenvalue weighted by Gasteiger charge is 2.58. The van der Waals surface area contributed by atoms with Gasteiger partial charge in [0.2, 0.25) is 0 Å². The molecule has 0 amide bonds. The zero-order valence-corrected chi connectivity index (χ0v) is 50.4. The van der Waals surface area contributed by atoms with E-state index in [1.54, 1.807) is 126 Å². The zero-order chi connectivity index (χ0) is 60.6. The van der Waals surface area contributed by atoms with Crippen LogP contribution in [0.3, 0.4) is 0 Å². The fraction of sp³-hybridized carbons (Fsp3) is 0. The molecule has 1 aliphatic heterocycles. The Labute approximate surface area is 522 Å². The second-order valence-electron chi connectivity index (χ2n) is 19.5. The molecule has 0 N–H and O–H groups in total. The third-order valence-electron chi connectivity index (χ3n) is 12.9. The lowest BCUT2D eigenvalue weighted by molar-refractivity contribution is 0.0545. The van der Waals surface area contributed by atoms with Crippen LogP contribution < -0.4 is 56.2 Å². The van der Waals surface area contributed by atoms with Crippen LogP contribution in [-0.2, 0) is 0 Å². The van der Waals surface area contributed by atoms with Crippen molar-refractivity contribution in [1.82, 2.24) is 9.21 Å². The van der Waals surface area contributed by atoms with Gasteiger partial charge in [-0.25, -0.2) is 0 Å². The van der Waals surface area contributed by atoms with Crippen molar-refractivity contribution < 1.29 is 56.2 Å². The number of para-hydroxylation sites is 6. The Balaban J connectivity index is 0.969. The molecule has 1 heterocycles. The molecule has 18 heteroatoms. The third kappa shape index (κ3) is 15.5. The van der Waals surface area contributed by atoms with E-state index in [2.05, 4.69) is 0 Å². The highest BCUT2D eigenvalue weighted by atomic mass is 31.3. The van der Waals surface area contributed by atoms with Gasteiger partial charge in [-0.1, -0.05) is 109 Å². The van der Waals surface area contributed by atoms with Crippen LogP contribution in [0.2, 0.25) is 0 Å². The Hall–Kier alpha value is -10.8. The molecule has 2 atom stereocenters. The average Bonchev–Trinajstić information content (AvgIpc) is 0.788. The van der Waals surface area contributed by atoms with E-state index in [9.17, 15) is 0 Å². The van der Waals surface area contributed by atoms with Crippen molar-refractivity contribution >= 4 is 24.6 Å². The van der Waals surface area contributed by atoms with Crippen molar-refractivity contribution in [2.75, 3.05) is 0 Å². The van der Waals surface area contributed by atoms with Crippen molar-refractivity contribution in [3.8, 4) is 103 Å². The smallest absolute Gasteiger partial charge is 0.447 e. The lowest BCUT2D eigenvalue weighted by Gasteiger charge is -2.43. The number of hydrogen-bond donors (Lipinski definition) is 0. The molecule has 90 heavy (non-hydrogen) atoms. The summed E-state index contributed by atoms with van der Waals surface area (Å²) in [4.78, 5) is 14.3. The van der Waals surface area contributed by atoms with Gasteiger partial charge in [-0.3, -0.25) is 0 Å². The van der Waals surface area contributed by atoms with Crippen molar-refractivity contribution in [3.05, 3.63) is 328 Å². The van der Waals surface area contributed by atoms with Gasteiger partial charge in [-0.15, -0.1) is 4.52 Å². The van der Waals surface area contributed by atoms with Gasteiger partial charge >= 0.3 is 24.6 Å². The van der Waals surface area contributed by atoms with Crippen LogP contribution in [0.4, 0.5) is 0 Å². The summed E-state index contributed by atoms with van der Waals surface area (Å²) in [5, 5.41) is 0. The van der Waals surface area contributed by atoms with Crippen LogP contribution in [0.25, 0.3) is 0 Å². The number of rotatable bonds is 24. The van der Waals surface area contributed by atoms with Crippen LogP contribution in [0.15, 0.2) is 332 Å². The van der Waals surface area contributed by atoms with Gasteiger partial charge in [0.25, 0.3) is 0 Å². The average molecular weight is 1250 g/mol. The molecule has 0 radical (unpaired) electrons. The lowest BCUT2D eigenvalue weighted by Crippen LogP contribution is -2.37. The van der Waals surface area contributed by atoms with Gasteiger partial charge < -0.3 is 56.2 Å². The van der Waals surface area contributed by atoms with E-state index in [4.69, 9.17) is 60.7 Å². The van der Waals surface area contributed by atoms with Gasteiger partial charge in [-0.2, -0.15) is 0 Å². The Kier molecular flexibility index (Phi) is 18.4. The molecule has 12 aromatic carbocycles. The van der Waals surface area contributed by atoms with Gasteiger partial charge in [0.15, 0.2) is 0 Å². The number of hydrogen-bond acceptors (Lipinski definition) is 15. The van der Waals surface area contributed by atoms with E-state index in [1.165, 1.54) is 4.60 Å². The number of benzene rings is 12. The minimum Gasteiger partial charge on any atom is -0.457 e. The number of ether oxygens (including phenoxy) is 6. The van der Waals surface area contributed by atoms with Crippen molar-refractivity contribution in [2.24, 2.45) is 4.52 Å². The summed E-state index contributed by atoms with van der Waals surface area (Å²) in [7, 11) is -9.30. The van der Waals surface area contributed by atoms with Crippen LogP contribution in [0, 0.1) is 0 Å². The summed E-state index contributed by atoms with van der Waals surface area (Å²) >= 11 is 0. The quantitative estimate of drug-likeness (QED) is 0.0532. The first-order chi connectivity index (χ1) is 44.4. The van der Waals surface area contributed by atoms with E-state index in [-0.39, 0.29) is 0 Å². The molecule has 15 nitrogen and oxygen atoms in total. The van der Waals surface area contributed by atoms with E-state index in [1.807, 2.05) is 206 Å². The predicted octanol–water partition coefficient (Wildman–Crippen LogP) is 22.1. The standard InChI is InChI=1S/C72H54N3O12P3/c1-7-19-55(20-8-1)76-61-31-43-67(44-32-61)82-74-88(84-69-47-35-63(36-48-69)78-57-23-11-3-12-24-57)73-90(86-71-51-39-65(40-52-71)80-59-27-15-5-16-28-59,87-72-53-41-66(42-54-72)81-60-29-17-6-18-30-60)75(83-68-45-33-62(34-46-68)77-56-21-9-2-10-22-56)89(74)85-70-49-37-64(38-50-70)79-58-25-13-4-14-26-58/h1-54H. The Morgan fingerprint density at radius 1 is 0.222 bits per heavy atom. The van der Waals surface area contributed by atoms with Gasteiger partial charge in [0.1, 0.15) is 103 Å². The van der Waals surface area contributed by atoms with E-state index in [0.29, 0.717) is 103 Å². The molecule has 0 bridgehead atoms. The van der Waals surface area contributed by atoms with Gasteiger partial charge in [-0.05, 0) is 218 Å². The summed E-state index contributed by atoms with van der Waals surface area (Å²) < 4.78 is 75.4. The Morgan fingerprint density at radius 2 is 0.444 bits per heavy atom. The minimum absolute atomic E-state index is 0.326. The molecule has 0 fully saturated rings. The molecule has 0 aliphatic carbocycles. The first-order valence-corrected chi connectivity index (χ1v) is 32.2. The maximum absolute atomic E-state index is 7.39. The highest BCUT2D eigenvalue weighted by molar-refractivity contribution is 7.78. The normalized spacial score (nSPS) is 14.3. The van der Waals surface area contributed by atoms with Crippen molar-refractivity contribution in [3.63, 3.8) is 0 Å². The maximum Gasteiger partial charge on any atom is 0.447 e. The molecule has 444 valence electrons. The molecular weight excluding hydrogens is 1190 g/mol. The summed E-state index contributed by atoms with van der Waals surface area (Å²) in [5.41, 5.74) is 0. The van der Waals surface area contributed by atoms with Gasteiger partial charge in [0.05, 0.1) is 0 Å². The molecule has 2 unspecified atom stereocenters. The molecule has 12 aromatic rings. The van der Waals surface area contributed by atoms with Crippen molar-refractivity contribution in [1.29, 1.82) is 0 Å². The topological polar surface area (TPSA) is 130 Å². The molecule has 0 saturated carbocycles. The first-order valence-electron chi connectivity index (χ1n) is 28.4. The molecule has 0 aromatic heterocycles. The largest absolute Gasteiger partial charge is 0.457 e. The zero-order valence-electron chi connectivity index (χ0n) is 47.8. The fourth-order valence-electron chi connectivity index (χ4n) is 8.61. The Bertz CT molecular complexity index is 4150. The second kappa shape index (κ2) is 28.4. The molecule has 0 spiro atoms. The van der Waals surface area contributed by atoms with E-state index in [0.717, 1.165) is 0 Å².